The quantitative estimate of drug-likeness (QED) is 0.366. The zero-order chi connectivity index (χ0) is 20.9. The van der Waals surface area contributed by atoms with E-state index in [0.717, 1.165) is 33.4 Å². The van der Waals surface area contributed by atoms with Crippen molar-refractivity contribution in [3.63, 3.8) is 0 Å². The smallest absolute Gasteiger partial charge is 0.259 e. The number of carbonyl (C=O) groups excluding carboxylic acids is 1. The van der Waals surface area contributed by atoms with Crippen molar-refractivity contribution in [3.8, 4) is 11.3 Å². The molecule has 4 rings (SSSR count). The molecule has 0 saturated carbocycles. The Labute approximate surface area is 176 Å². The third-order valence-corrected chi connectivity index (χ3v) is 5.08. The molecule has 0 aliphatic heterocycles. The fourth-order valence-corrected chi connectivity index (χ4v) is 3.56. The highest BCUT2D eigenvalue weighted by Gasteiger charge is 2.15. The molecule has 0 aliphatic carbocycles. The Morgan fingerprint density at radius 2 is 1.67 bits per heavy atom. The molecule has 0 unspecified atom stereocenters. The third kappa shape index (κ3) is 4.10. The first-order chi connectivity index (χ1) is 14.6. The average molecular weight is 396 g/mol. The van der Waals surface area contributed by atoms with E-state index in [4.69, 9.17) is 0 Å². The topological polar surface area (TPSA) is 58.4 Å². The molecule has 30 heavy (non-hydrogen) atoms. The lowest BCUT2D eigenvalue weighted by Gasteiger charge is -2.07. The number of hydrazone groups is 1. The zero-order valence-electron chi connectivity index (χ0n) is 17.1. The summed E-state index contributed by atoms with van der Waals surface area (Å²) in [6, 6.07) is 26.3. The van der Waals surface area contributed by atoms with Gasteiger partial charge in [-0.1, -0.05) is 66.2 Å². The number of fused-ring (bicyclic) bond motifs is 1. The average Bonchev–Trinajstić information content (AvgIpc) is 3.06. The minimum absolute atomic E-state index is 0.154. The van der Waals surface area contributed by atoms with Crippen molar-refractivity contribution in [2.45, 2.75) is 6.92 Å². The summed E-state index contributed by atoms with van der Waals surface area (Å²) in [6.45, 7) is 2.18. The molecule has 0 fully saturated rings. The van der Waals surface area contributed by atoms with E-state index in [1.54, 1.807) is 6.21 Å². The van der Waals surface area contributed by atoms with Gasteiger partial charge in [0.2, 0.25) is 0 Å². The molecule has 1 aromatic heterocycles. The molecule has 0 spiro atoms. The molecule has 3 aromatic carbocycles. The summed E-state index contributed by atoms with van der Waals surface area (Å²) < 4.78 is 2.16. The minimum atomic E-state index is -0.201. The second kappa shape index (κ2) is 8.66. The largest absolute Gasteiger partial charge is 0.376 e. The van der Waals surface area contributed by atoms with E-state index in [2.05, 4.69) is 44.7 Å². The molecule has 0 saturated heterocycles. The van der Waals surface area contributed by atoms with Crippen LogP contribution >= 0.6 is 0 Å². The van der Waals surface area contributed by atoms with Gasteiger partial charge in [0.1, 0.15) is 0 Å². The van der Waals surface area contributed by atoms with Crippen LogP contribution in [0.15, 0.2) is 84.0 Å². The van der Waals surface area contributed by atoms with Gasteiger partial charge in [-0.25, -0.2) is 5.43 Å². The highest BCUT2D eigenvalue weighted by molar-refractivity contribution is 6.06. The fraction of sp³-hybridized carbons (Fsp3) is 0.120. The van der Waals surface area contributed by atoms with Crippen LogP contribution in [-0.2, 0) is 11.8 Å². The Hall–Kier alpha value is -3.86. The normalized spacial score (nSPS) is 11.1. The standard InChI is InChI=1S/C25H24N4O/c1-18-12-14-20(15-13-18)26-17-24(30)28-27-16-22-21-10-6-7-11-23(21)29(2)25(22)19-8-4-3-5-9-19/h3-16,26H,17H2,1-2H3,(H,28,30)/b27-16+. The Kier molecular flexibility index (Phi) is 5.61. The number of nitrogens with one attached hydrogen (secondary N) is 2. The summed E-state index contributed by atoms with van der Waals surface area (Å²) in [5.41, 5.74) is 8.96. The molecular formula is C25H24N4O. The first kappa shape index (κ1) is 19.5. The number of anilines is 1. The molecule has 4 aromatic rings. The number of hydrogen-bond donors (Lipinski definition) is 2. The van der Waals surface area contributed by atoms with Gasteiger partial charge in [0, 0.05) is 29.2 Å². The van der Waals surface area contributed by atoms with Crippen molar-refractivity contribution in [2.75, 3.05) is 11.9 Å². The van der Waals surface area contributed by atoms with Gasteiger partial charge in [0.05, 0.1) is 18.5 Å². The number of rotatable bonds is 6. The van der Waals surface area contributed by atoms with Crippen molar-refractivity contribution in [1.29, 1.82) is 0 Å². The first-order valence-corrected chi connectivity index (χ1v) is 9.89. The molecule has 0 radical (unpaired) electrons. The first-order valence-electron chi connectivity index (χ1n) is 9.89. The van der Waals surface area contributed by atoms with Crippen LogP contribution in [0.2, 0.25) is 0 Å². The number of aryl methyl sites for hydroxylation is 2. The maximum Gasteiger partial charge on any atom is 0.259 e. The van der Waals surface area contributed by atoms with E-state index in [-0.39, 0.29) is 12.5 Å². The van der Waals surface area contributed by atoms with Gasteiger partial charge >= 0.3 is 0 Å². The lowest BCUT2D eigenvalue weighted by Crippen LogP contribution is -2.25. The highest BCUT2D eigenvalue weighted by atomic mass is 16.2. The van der Waals surface area contributed by atoms with Crippen molar-refractivity contribution in [3.05, 3.63) is 90.0 Å². The van der Waals surface area contributed by atoms with Crippen LogP contribution in [0.4, 0.5) is 5.69 Å². The molecule has 1 heterocycles. The van der Waals surface area contributed by atoms with E-state index in [1.165, 1.54) is 5.56 Å². The van der Waals surface area contributed by atoms with Crippen LogP contribution in [0.3, 0.4) is 0 Å². The number of carbonyl (C=O) groups is 1. The van der Waals surface area contributed by atoms with E-state index in [1.807, 2.05) is 68.6 Å². The molecule has 0 atom stereocenters. The molecule has 5 nitrogen and oxygen atoms in total. The maximum absolute atomic E-state index is 12.2. The lowest BCUT2D eigenvalue weighted by atomic mass is 10.1. The van der Waals surface area contributed by atoms with Crippen molar-refractivity contribution < 1.29 is 4.79 Å². The van der Waals surface area contributed by atoms with E-state index in [0.29, 0.717) is 0 Å². The highest BCUT2D eigenvalue weighted by Crippen LogP contribution is 2.31. The van der Waals surface area contributed by atoms with Gasteiger partial charge in [-0.2, -0.15) is 5.10 Å². The maximum atomic E-state index is 12.2. The Balaban J connectivity index is 1.53. The number of aromatic nitrogens is 1. The molecule has 5 heteroatoms. The van der Waals surface area contributed by atoms with E-state index >= 15 is 0 Å². The predicted molar refractivity (Wildman–Crippen MR) is 124 cm³/mol. The Bertz CT molecular complexity index is 1190. The number of hydrogen-bond acceptors (Lipinski definition) is 3. The van der Waals surface area contributed by atoms with Crippen LogP contribution in [0, 0.1) is 6.92 Å². The van der Waals surface area contributed by atoms with E-state index in [9.17, 15) is 4.79 Å². The Morgan fingerprint density at radius 3 is 2.43 bits per heavy atom. The lowest BCUT2D eigenvalue weighted by molar-refractivity contribution is -0.119. The van der Waals surface area contributed by atoms with Crippen LogP contribution in [-0.4, -0.2) is 23.2 Å². The monoisotopic (exact) mass is 396 g/mol. The van der Waals surface area contributed by atoms with Gasteiger partial charge in [-0.15, -0.1) is 0 Å². The van der Waals surface area contributed by atoms with Crippen LogP contribution in [0.5, 0.6) is 0 Å². The van der Waals surface area contributed by atoms with Crippen LogP contribution in [0.25, 0.3) is 22.2 Å². The summed E-state index contributed by atoms with van der Waals surface area (Å²) in [5, 5.41) is 8.43. The molecular weight excluding hydrogens is 372 g/mol. The second-order valence-electron chi connectivity index (χ2n) is 7.22. The number of amides is 1. The summed E-state index contributed by atoms with van der Waals surface area (Å²) in [4.78, 5) is 12.2. The molecule has 0 aliphatic rings. The molecule has 1 amide bonds. The van der Waals surface area contributed by atoms with Crippen molar-refractivity contribution >= 4 is 28.7 Å². The van der Waals surface area contributed by atoms with Gasteiger partial charge in [0.25, 0.3) is 5.91 Å². The minimum Gasteiger partial charge on any atom is -0.376 e. The Morgan fingerprint density at radius 1 is 0.967 bits per heavy atom. The van der Waals surface area contributed by atoms with Crippen LogP contribution in [0.1, 0.15) is 11.1 Å². The number of para-hydroxylation sites is 1. The summed E-state index contributed by atoms with van der Waals surface area (Å²) in [6.07, 6.45) is 1.73. The van der Waals surface area contributed by atoms with Crippen molar-refractivity contribution in [1.82, 2.24) is 9.99 Å². The van der Waals surface area contributed by atoms with Gasteiger partial charge in [0.15, 0.2) is 0 Å². The number of nitrogens with zero attached hydrogens (tertiary/aromatic N) is 2. The van der Waals surface area contributed by atoms with Crippen molar-refractivity contribution in [2.24, 2.45) is 12.1 Å². The van der Waals surface area contributed by atoms with Gasteiger partial charge < -0.3 is 9.88 Å². The van der Waals surface area contributed by atoms with Crippen LogP contribution < -0.4 is 10.7 Å². The summed E-state index contributed by atoms with van der Waals surface area (Å²) >= 11 is 0. The fourth-order valence-electron chi connectivity index (χ4n) is 3.56. The number of benzene rings is 3. The summed E-state index contributed by atoms with van der Waals surface area (Å²) in [7, 11) is 2.05. The van der Waals surface area contributed by atoms with Gasteiger partial charge in [-0.3, -0.25) is 4.79 Å². The van der Waals surface area contributed by atoms with Gasteiger partial charge in [-0.05, 0) is 30.7 Å². The SMILES string of the molecule is Cc1ccc(NCC(=O)N/N=C/c2c(-c3ccccc3)n(C)c3ccccc23)cc1. The molecule has 150 valence electrons. The second-order valence-corrected chi connectivity index (χ2v) is 7.22. The third-order valence-electron chi connectivity index (χ3n) is 5.08. The zero-order valence-corrected chi connectivity index (χ0v) is 17.1. The summed E-state index contributed by atoms with van der Waals surface area (Å²) in [5.74, 6) is -0.201. The van der Waals surface area contributed by atoms with E-state index < -0.39 is 0 Å². The molecule has 2 N–H and O–H groups in total. The molecule has 0 bridgehead atoms. The predicted octanol–water partition coefficient (Wildman–Crippen LogP) is 4.72.